The maximum Gasteiger partial charge on any atom is 0.453 e. The standard InChI is InChI=1S/C21H16F3N3O4/c22-21(23,24)18-15(16(27-31-18)13-9-5-2-6-10-13)20(30)26-14(17(28)19(25)29)11-12-7-3-1-4-8-12/h1-10,14H,11H2,(H2,25,29)(H,26,30). The van der Waals surface area contributed by atoms with Crippen LogP contribution < -0.4 is 11.1 Å². The van der Waals surface area contributed by atoms with Crippen molar-refractivity contribution in [2.45, 2.75) is 18.6 Å². The average molecular weight is 431 g/mol. The van der Waals surface area contributed by atoms with Crippen LogP contribution in [0.5, 0.6) is 0 Å². The molecule has 2 amide bonds. The molecule has 3 N–H and O–H groups in total. The first-order chi connectivity index (χ1) is 14.7. The first kappa shape index (κ1) is 21.8. The zero-order valence-corrected chi connectivity index (χ0v) is 15.8. The van der Waals surface area contributed by atoms with Crippen molar-refractivity contribution < 1.29 is 32.1 Å². The number of ketones is 1. The lowest BCUT2D eigenvalue weighted by Crippen LogP contribution is -2.47. The first-order valence-corrected chi connectivity index (χ1v) is 8.99. The molecule has 0 saturated carbocycles. The van der Waals surface area contributed by atoms with E-state index in [-0.39, 0.29) is 17.7 Å². The Kier molecular flexibility index (Phi) is 6.19. The van der Waals surface area contributed by atoms with Crippen molar-refractivity contribution in [3.8, 4) is 11.3 Å². The summed E-state index contributed by atoms with van der Waals surface area (Å²) >= 11 is 0. The lowest BCUT2D eigenvalue weighted by atomic mass is 10.00. The normalized spacial score (nSPS) is 12.2. The Balaban J connectivity index is 2.00. The molecule has 1 heterocycles. The maximum absolute atomic E-state index is 13.5. The number of alkyl halides is 3. The van der Waals surface area contributed by atoms with Gasteiger partial charge in [-0.15, -0.1) is 0 Å². The molecule has 0 radical (unpaired) electrons. The highest BCUT2D eigenvalue weighted by Gasteiger charge is 2.43. The summed E-state index contributed by atoms with van der Waals surface area (Å²) < 4.78 is 44.8. The molecule has 0 saturated heterocycles. The third kappa shape index (κ3) is 4.97. The first-order valence-electron chi connectivity index (χ1n) is 8.99. The Morgan fingerprint density at radius 3 is 2.13 bits per heavy atom. The van der Waals surface area contributed by atoms with Gasteiger partial charge < -0.3 is 15.6 Å². The Morgan fingerprint density at radius 2 is 1.58 bits per heavy atom. The highest BCUT2D eigenvalue weighted by atomic mass is 19.4. The molecular weight excluding hydrogens is 415 g/mol. The van der Waals surface area contributed by atoms with E-state index in [0.29, 0.717) is 5.56 Å². The number of rotatable bonds is 7. The molecule has 7 nitrogen and oxygen atoms in total. The van der Waals surface area contributed by atoms with Crippen LogP contribution in [0.3, 0.4) is 0 Å². The highest BCUT2D eigenvalue weighted by Crippen LogP contribution is 2.36. The fourth-order valence-electron chi connectivity index (χ4n) is 2.95. The number of hydrogen-bond acceptors (Lipinski definition) is 5. The van der Waals surface area contributed by atoms with Crippen LogP contribution >= 0.6 is 0 Å². The van der Waals surface area contributed by atoms with Gasteiger partial charge in [0.15, 0.2) is 0 Å². The number of aromatic nitrogens is 1. The SMILES string of the molecule is NC(=O)C(=O)C(Cc1ccccc1)NC(=O)c1c(-c2ccccc2)noc1C(F)(F)F. The summed E-state index contributed by atoms with van der Waals surface area (Å²) in [5.74, 6) is -5.37. The van der Waals surface area contributed by atoms with Gasteiger partial charge in [0.1, 0.15) is 17.3 Å². The van der Waals surface area contributed by atoms with Crippen LogP contribution in [0.25, 0.3) is 11.3 Å². The van der Waals surface area contributed by atoms with Gasteiger partial charge in [0, 0.05) is 12.0 Å². The fraction of sp³-hybridized carbons (Fsp3) is 0.143. The number of amides is 2. The minimum absolute atomic E-state index is 0.151. The van der Waals surface area contributed by atoms with Crippen LogP contribution in [0.1, 0.15) is 21.7 Å². The summed E-state index contributed by atoms with van der Waals surface area (Å²) in [6.07, 6.45) is -5.17. The average Bonchev–Trinajstić information content (AvgIpc) is 3.20. The molecule has 1 aromatic heterocycles. The topological polar surface area (TPSA) is 115 Å². The van der Waals surface area contributed by atoms with Crippen molar-refractivity contribution in [1.29, 1.82) is 0 Å². The van der Waals surface area contributed by atoms with Crippen LogP contribution in [0.15, 0.2) is 65.2 Å². The highest BCUT2D eigenvalue weighted by molar-refractivity contribution is 6.38. The van der Waals surface area contributed by atoms with Crippen molar-refractivity contribution in [3.63, 3.8) is 0 Å². The molecule has 0 fully saturated rings. The molecule has 10 heteroatoms. The van der Waals surface area contributed by atoms with Gasteiger partial charge in [-0.05, 0) is 5.56 Å². The predicted molar refractivity (Wildman–Crippen MR) is 103 cm³/mol. The van der Waals surface area contributed by atoms with Crippen LogP contribution in [-0.4, -0.2) is 28.8 Å². The van der Waals surface area contributed by atoms with E-state index in [1.807, 2.05) is 0 Å². The molecule has 2 aromatic carbocycles. The number of halogens is 3. The maximum atomic E-state index is 13.5. The van der Waals surface area contributed by atoms with Crippen molar-refractivity contribution in [1.82, 2.24) is 10.5 Å². The second kappa shape index (κ2) is 8.82. The van der Waals surface area contributed by atoms with E-state index in [4.69, 9.17) is 5.73 Å². The number of nitrogens with one attached hydrogen (secondary N) is 1. The van der Waals surface area contributed by atoms with Gasteiger partial charge in [-0.2, -0.15) is 13.2 Å². The molecule has 1 atom stereocenters. The van der Waals surface area contributed by atoms with E-state index in [9.17, 15) is 27.6 Å². The van der Waals surface area contributed by atoms with E-state index >= 15 is 0 Å². The van der Waals surface area contributed by atoms with Crippen LogP contribution in [0.2, 0.25) is 0 Å². The molecule has 1 unspecified atom stereocenters. The van der Waals surface area contributed by atoms with E-state index in [1.165, 1.54) is 12.1 Å². The minimum atomic E-state index is -5.02. The number of primary amides is 1. The number of nitrogens with zero attached hydrogens (tertiary/aromatic N) is 1. The van der Waals surface area contributed by atoms with Gasteiger partial charge in [-0.3, -0.25) is 14.4 Å². The smallest absolute Gasteiger partial charge is 0.363 e. The summed E-state index contributed by atoms with van der Waals surface area (Å²) in [7, 11) is 0. The Hall–Kier alpha value is -3.95. The monoisotopic (exact) mass is 431 g/mol. The number of nitrogens with two attached hydrogens (primary N) is 1. The molecule has 160 valence electrons. The van der Waals surface area contributed by atoms with Crippen molar-refractivity contribution in [3.05, 3.63) is 77.6 Å². The lowest BCUT2D eigenvalue weighted by molar-refractivity contribution is -0.155. The van der Waals surface area contributed by atoms with Crippen LogP contribution in [0, 0.1) is 0 Å². The third-order valence-electron chi connectivity index (χ3n) is 4.37. The molecule has 31 heavy (non-hydrogen) atoms. The minimum Gasteiger partial charge on any atom is -0.363 e. The van der Waals surface area contributed by atoms with Crippen LogP contribution in [0.4, 0.5) is 13.2 Å². The molecule has 3 aromatic rings. The second-order valence-corrected chi connectivity index (χ2v) is 6.54. The van der Waals surface area contributed by atoms with E-state index in [1.54, 1.807) is 48.5 Å². The fourth-order valence-corrected chi connectivity index (χ4v) is 2.95. The van der Waals surface area contributed by atoms with E-state index in [0.717, 1.165) is 0 Å². The zero-order valence-electron chi connectivity index (χ0n) is 15.8. The van der Waals surface area contributed by atoms with Crippen molar-refractivity contribution in [2.75, 3.05) is 0 Å². The lowest BCUT2D eigenvalue weighted by Gasteiger charge is -2.17. The van der Waals surface area contributed by atoms with Gasteiger partial charge in [0.05, 0.1) is 0 Å². The number of carbonyl (C=O) groups is 3. The Bertz CT molecular complexity index is 1100. The molecule has 0 aliphatic rings. The second-order valence-electron chi connectivity index (χ2n) is 6.54. The molecule has 3 rings (SSSR count). The zero-order chi connectivity index (χ0) is 22.6. The largest absolute Gasteiger partial charge is 0.453 e. The number of hydrogen-bond donors (Lipinski definition) is 2. The molecule has 0 bridgehead atoms. The summed E-state index contributed by atoms with van der Waals surface area (Å²) in [5.41, 5.74) is 4.57. The van der Waals surface area contributed by atoms with E-state index < -0.39 is 41.1 Å². The Labute approximate surface area is 174 Å². The predicted octanol–water partition coefficient (Wildman–Crippen LogP) is 2.76. The third-order valence-corrected chi connectivity index (χ3v) is 4.37. The molecule has 0 aliphatic carbocycles. The number of carbonyl (C=O) groups excluding carboxylic acids is 3. The van der Waals surface area contributed by atoms with Crippen LogP contribution in [-0.2, 0) is 22.2 Å². The number of benzene rings is 2. The summed E-state index contributed by atoms with van der Waals surface area (Å²) in [4.78, 5) is 36.5. The van der Waals surface area contributed by atoms with Gasteiger partial charge in [0.25, 0.3) is 17.6 Å². The quantitative estimate of drug-likeness (QED) is 0.558. The molecule has 0 spiro atoms. The van der Waals surface area contributed by atoms with Gasteiger partial charge >= 0.3 is 6.18 Å². The Morgan fingerprint density at radius 1 is 1.00 bits per heavy atom. The van der Waals surface area contributed by atoms with Crippen molar-refractivity contribution >= 4 is 17.6 Å². The van der Waals surface area contributed by atoms with Gasteiger partial charge in [0.2, 0.25) is 5.78 Å². The van der Waals surface area contributed by atoms with E-state index in [2.05, 4.69) is 15.0 Å². The summed E-state index contributed by atoms with van der Waals surface area (Å²) in [5, 5.41) is 5.60. The molecule has 0 aliphatic heterocycles. The molecular formula is C21H16F3N3O4. The van der Waals surface area contributed by atoms with Gasteiger partial charge in [-0.25, -0.2) is 0 Å². The summed E-state index contributed by atoms with van der Waals surface area (Å²) in [6, 6.07) is 14.5. The number of Topliss-reactive ketones (excluding diaryl/α,β-unsaturated/α-hetero) is 1. The van der Waals surface area contributed by atoms with Crippen molar-refractivity contribution in [2.24, 2.45) is 5.73 Å². The summed E-state index contributed by atoms with van der Waals surface area (Å²) in [6.45, 7) is 0. The van der Waals surface area contributed by atoms with Gasteiger partial charge in [-0.1, -0.05) is 65.8 Å².